The van der Waals surface area contributed by atoms with Gasteiger partial charge in [-0.3, -0.25) is 9.69 Å². The zero-order valence-electron chi connectivity index (χ0n) is 15.6. The number of aromatic nitrogens is 2. The number of fused-ring (bicyclic) bond motifs is 1. The van der Waals surface area contributed by atoms with Gasteiger partial charge in [-0.05, 0) is 41.6 Å². The summed E-state index contributed by atoms with van der Waals surface area (Å²) in [4.78, 5) is 29.6. The molecule has 0 saturated carbocycles. The summed E-state index contributed by atoms with van der Waals surface area (Å²) in [6.07, 6.45) is 0. The van der Waals surface area contributed by atoms with E-state index >= 15 is 0 Å². The van der Waals surface area contributed by atoms with Gasteiger partial charge in [-0.1, -0.05) is 4.98 Å². The SMILES string of the molecule is Nc1cc(N)[n+](-c2ccc(O)cc2)c(SCC2=C(C(=O)O)N3C(=O)C(N)[C@H]3SC2)n1. The molecule has 1 amide bonds. The number of hydrogen-bond donors (Lipinski definition) is 5. The Kier molecular flexibility index (Phi) is 5.22. The number of carboxylic acids is 1. The van der Waals surface area contributed by atoms with Crippen LogP contribution in [0.15, 0.2) is 46.8 Å². The van der Waals surface area contributed by atoms with E-state index in [1.165, 1.54) is 46.6 Å². The zero-order valence-corrected chi connectivity index (χ0v) is 17.2. The van der Waals surface area contributed by atoms with Crippen molar-refractivity contribution in [3.63, 3.8) is 0 Å². The molecule has 0 radical (unpaired) electrons. The van der Waals surface area contributed by atoms with Crippen LogP contribution in [0.2, 0.25) is 0 Å². The van der Waals surface area contributed by atoms with Gasteiger partial charge in [0, 0.05) is 11.5 Å². The van der Waals surface area contributed by atoms with Crippen molar-refractivity contribution >= 4 is 47.0 Å². The molecule has 1 unspecified atom stereocenters. The molecule has 2 aliphatic rings. The molecule has 4 rings (SSSR count). The van der Waals surface area contributed by atoms with Gasteiger partial charge in [0.25, 0.3) is 0 Å². The lowest BCUT2D eigenvalue weighted by Crippen LogP contribution is -2.68. The highest BCUT2D eigenvalue weighted by Crippen LogP contribution is 2.40. The average Bonchev–Trinajstić information content (AvgIpc) is 2.71. The Hall–Kier alpha value is -2.96. The minimum absolute atomic E-state index is 0.0222. The summed E-state index contributed by atoms with van der Waals surface area (Å²) in [5, 5.41) is 19.3. The quantitative estimate of drug-likeness (QED) is 0.180. The molecule has 0 aliphatic carbocycles. The summed E-state index contributed by atoms with van der Waals surface area (Å²) in [7, 11) is 0. The van der Waals surface area contributed by atoms with Crippen molar-refractivity contribution in [2.75, 3.05) is 23.0 Å². The van der Waals surface area contributed by atoms with Crippen LogP contribution in [0, 0.1) is 0 Å². The monoisotopic (exact) mass is 447 g/mol. The fraction of sp³-hybridized carbons (Fsp3) is 0.222. The second kappa shape index (κ2) is 7.70. The Bertz CT molecular complexity index is 1080. The van der Waals surface area contributed by atoms with Crippen LogP contribution in [0.1, 0.15) is 0 Å². The number of thioether (sulfide) groups is 2. The molecular weight excluding hydrogens is 428 g/mol. The fourth-order valence-electron chi connectivity index (χ4n) is 3.32. The van der Waals surface area contributed by atoms with E-state index in [1.807, 2.05) is 0 Å². The van der Waals surface area contributed by atoms with Crippen LogP contribution >= 0.6 is 23.5 Å². The van der Waals surface area contributed by atoms with Gasteiger partial charge in [-0.15, -0.1) is 11.8 Å². The van der Waals surface area contributed by atoms with Gasteiger partial charge in [-0.25, -0.2) is 4.79 Å². The van der Waals surface area contributed by atoms with Gasteiger partial charge in [0.1, 0.15) is 28.5 Å². The second-order valence-electron chi connectivity index (χ2n) is 6.72. The lowest BCUT2D eigenvalue weighted by Gasteiger charge is -2.48. The summed E-state index contributed by atoms with van der Waals surface area (Å²) >= 11 is 2.70. The highest BCUT2D eigenvalue weighted by Gasteiger charge is 2.51. The van der Waals surface area contributed by atoms with Crippen LogP contribution < -0.4 is 21.8 Å². The normalized spacial score (nSPS) is 20.7. The number of carbonyl (C=O) groups is 2. The lowest BCUT2D eigenvalue weighted by atomic mass is 10.0. The van der Waals surface area contributed by atoms with E-state index in [4.69, 9.17) is 17.2 Å². The summed E-state index contributed by atoms with van der Waals surface area (Å²) in [6, 6.07) is 7.24. The van der Waals surface area contributed by atoms with Crippen molar-refractivity contribution in [1.82, 2.24) is 9.88 Å². The maximum Gasteiger partial charge on any atom is 0.352 e. The van der Waals surface area contributed by atoms with Crippen molar-refractivity contribution in [3.8, 4) is 11.4 Å². The molecule has 8 N–H and O–H groups in total. The first kappa shape index (κ1) is 20.3. The Labute approximate surface area is 179 Å². The van der Waals surface area contributed by atoms with Gasteiger partial charge in [0.15, 0.2) is 0 Å². The first-order chi connectivity index (χ1) is 14.3. The van der Waals surface area contributed by atoms with Crippen LogP contribution in [0.5, 0.6) is 5.75 Å². The van der Waals surface area contributed by atoms with Crippen LogP contribution in [0.25, 0.3) is 5.69 Å². The molecule has 2 atom stereocenters. The Balaban J connectivity index is 1.67. The molecule has 3 heterocycles. The fourth-order valence-corrected chi connectivity index (χ4v) is 5.79. The van der Waals surface area contributed by atoms with E-state index in [1.54, 1.807) is 16.7 Å². The van der Waals surface area contributed by atoms with Crippen molar-refractivity contribution in [2.45, 2.75) is 16.6 Å². The van der Waals surface area contributed by atoms with Gasteiger partial charge in [0.05, 0.1) is 6.07 Å². The number of carbonyl (C=O) groups excluding carboxylic acids is 1. The Morgan fingerprint density at radius 1 is 1.33 bits per heavy atom. The van der Waals surface area contributed by atoms with Crippen LogP contribution in [-0.4, -0.2) is 54.9 Å². The van der Waals surface area contributed by atoms with E-state index < -0.39 is 17.9 Å². The van der Waals surface area contributed by atoms with E-state index in [9.17, 15) is 19.8 Å². The first-order valence-corrected chi connectivity index (χ1v) is 10.9. The molecule has 0 bridgehead atoms. The number of amides is 1. The molecule has 1 aromatic heterocycles. The maximum atomic E-state index is 12.1. The van der Waals surface area contributed by atoms with Gasteiger partial charge >= 0.3 is 11.1 Å². The number of anilines is 2. The number of nitrogen functional groups attached to an aromatic ring is 2. The van der Waals surface area contributed by atoms with Crippen molar-refractivity contribution in [1.29, 1.82) is 0 Å². The lowest BCUT2D eigenvalue weighted by molar-refractivity contribution is -0.626. The standard InChI is InChI=1S/C18H18N6O4S2/c19-11-5-12(20)23(9-1-3-10(25)4-2-9)18(22-11)30-7-8-6-29-16-13(21)15(26)24(16)14(8)17(27)28/h1-5,13,16H,6-7,21H2,(H5,19,20,25,27,28)/p+1/t13?,16-/m1/s1. The second-order valence-corrected chi connectivity index (χ2v) is 8.77. The number of aliphatic carboxylic acids is 1. The topological polar surface area (TPSA) is 173 Å². The van der Waals surface area contributed by atoms with Crippen LogP contribution in [0.3, 0.4) is 0 Å². The number of phenols is 1. The van der Waals surface area contributed by atoms with Crippen LogP contribution in [-0.2, 0) is 9.59 Å². The minimum atomic E-state index is -1.16. The average molecular weight is 448 g/mol. The molecule has 0 spiro atoms. The smallest absolute Gasteiger partial charge is 0.352 e. The van der Waals surface area contributed by atoms with E-state index in [0.29, 0.717) is 28.0 Å². The first-order valence-electron chi connectivity index (χ1n) is 8.83. The Morgan fingerprint density at radius 2 is 2.03 bits per heavy atom. The molecule has 1 saturated heterocycles. The molecule has 1 fully saturated rings. The van der Waals surface area contributed by atoms with Gasteiger partial charge in [-0.2, -0.15) is 4.57 Å². The van der Waals surface area contributed by atoms with E-state index in [0.717, 1.165) is 0 Å². The van der Waals surface area contributed by atoms with Gasteiger partial charge < -0.3 is 27.4 Å². The summed E-state index contributed by atoms with van der Waals surface area (Å²) in [5.41, 5.74) is 19.0. The van der Waals surface area contributed by atoms with E-state index in [-0.39, 0.29) is 28.4 Å². The predicted molar refractivity (Wildman–Crippen MR) is 113 cm³/mol. The molecule has 10 nitrogen and oxygen atoms in total. The third kappa shape index (κ3) is 3.42. The number of phenolic OH excluding ortho intramolecular Hbond substituents is 1. The predicted octanol–water partition coefficient (Wildman–Crippen LogP) is -0.0985. The zero-order chi connectivity index (χ0) is 21.6. The molecule has 2 aliphatic heterocycles. The van der Waals surface area contributed by atoms with E-state index in [2.05, 4.69) is 4.98 Å². The maximum absolute atomic E-state index is 12.1. The number of carboxylic acid groups (broad SMARTS) is 1. The number of nitrogens with two attached hydrogens (primary N) is 3. The largest absolute Gasteiger partial charge is 0.508 e. The summed E-state index contributed by atoms with van der Waals surface area (Å²) < 4.78 is 1.66. The van der Waals surface area contributed by atoms with Crippen molar-refractivity contribution in [3.05, 3.63) is 41.6 Å². The molecule has 30 heavy (non-hydrogen) atoms. The highest BCUT2D eigenvalue weighted by atomic mass is 32.2. The highest BCUT2D eigenvalue weighted by molar-refractivity contribution is 8.01. The number of benzene rings is 1. The number of β-lactam (4-membered cyclic amide) rings is 1. The third-order valence-corrected chi connectivity index (χ3v) is 7.13. The molecule has 12 heteroatoms. The number of hydrogen-bond acceptors (Lipinski definition) is 9. The summed E-state index contributed by atoms with van der Waals surface area (Å²) in [5.74, 6) is -0.176. The third-order valence-electron chi connectivity index (χ3n) is 4.74. The number of nitrogens with zero attached hydrogens (tertiary/aromatic N) is 3. The molecule has 2 aromatic rings. The van der Waals surface area contributed by atoms with Gasteiger partial charge in [0.2, 0.25) is 17.5 Å². The van der Waals surface area contributed by atoms with Crippen LogP contribution in [0.4, 0.5) is 11.6 Å². The molecule has 1 aromatic carbocycles. The summed E-state index contributed by atoms with van der Waals surface area (Å²) in [6.45, 7) is 0. The molecular formula is C18H19N6O4S2+. The number of aromatic hydroxyl groups is 1. The minimum Gasteiger partial charge on any atom is -0.508 e. The molecule has 156 valence electrons. The number of rotatable bonds is 5. The van der Waals surface area contributed by atoms with Crippen molar-refractivity contribution in [2.24, 2.45) is 5.73 Å². The van der Waals surface area contributed by atoms with Crippen molar-refractivity contribution < 1.29 is 24.4 Å². The Morgan fingerprint density at radius 3 is 2.70 bits per heavy atom.